The topological polar surface area (TPSA) is 116 Å². The minimum Gasteiger partial charge on any atom is -0.832 e. The van der Waals surface area contributed by atoms with Crippen LogP contribution < -0.4 is 5.02 Å². The zero-order valence-corrected chi connectivity index (χ0v) is 18.4. The first-order valence-corrected chi connectivity index (χ1v) is 10.6. The molecule has 2 aromatic rings. The van der Waals surface area contributed by atoms with Crippen molar-refractivity contribution in [3.63, 3.8) is 0 Å². The van der Waals surface area contributed by atoms with Gasteiger partial charge in [0.25, 0.3) is 0 Å². The van der Waals surface area contributed by atoms with Crippen LogP contribution in [0.2, 0.25) is 0 Å². The third-order valence-corrected chi connectivity index (χ3v) is 5.56. The van der Waals surface area contributed by atoms with Crippen molar-refractivity contribution in [3.8, 4) is 0 Å². The van der Waals surface area contributed by atoms with Crippen LogP contribution in [0.25, 0.3) is 0 Å². The number of likely N-dealkylation sites (tertiary alicyclic amines) is 1. The lowest BCUT2D eigenvalue weighted by atomic mass is 10.1. The number of rotatable bonds is 9. The van der Waals surface area contributed by atoms with Gasteiger partial charge in [-0.05, 0) is 18.1 Å². The van der Waals surface area contributed by atoms with E-state index in [2.05, 4.69) is 14.0 Å². The van der Waals surface area contributed by atoms with Crippen molar-refractivity contribution in [2.45, 2.75) is 32.0 Å². The normalized spacial score (nSPS) is 16.3. The van der Waals surface area contributed by atoms with Crippen molar-refractivity contribution >= 4 is 19.3 Å². The Morgan fingerprint density at radius 1 is 0.906 bits per heavy atom. The second-order valence-electron chi connectivity index (χ2n) is 7.91. The lowest BCUT2D eigenvalue weighted by molar-refractivity contribution is -0.895. The van der Waals surface area contributed by atoms with Gasteiger partial charge in [-0.3, -0.25) is 0 Å². The van der Waals surface area contributed by atoms with E-state index in [1.807, 2.05) is 0 Å². The fourth-order valence-electron chi connectivity index (χ4n) is 3.48. The first-order valence-electron chi connectivity index (χ1n) is 10.6. The Morgan fingerprint density at radius 2 is 1.28 bits per heavy atom. The molecule has 1 aliphatic heterocycles. The number of carboxylic acid groups (broad SMARTS) is 2. The summed E-state index contributed by atoms with van der Waals surface area (Å²) in [4.78, 5) is 22.6. The lowest BCUT2D eigenvalue weighted by Gasteiger charge is -2.27. The monoisotopic (exact) mass is 443 g/mol. The van der Waals surface area contributed by atoms with Crippen molar-refractivity contribution in [1.29, 1.82) is 0 Å². The van der Waals surface area contributed by atoms with Gasteiger partial charge < -0.3 is 29.0 Å². The quantitative estimate of drug-likeness (QED) is 0.451. The van der Waals surface area contributed by atoms with Crippen LogP contribution in [-0.4, -0.2) is 60.6 Å². The van der Waals surface area contributed by atoms with Gasteiger partial charge in [-0.1, -0.05) is 60.7 Å². The van der Waals surface area contributed by atoms with E-state index in [0.29, 0.717) is 0 Å². The van der Waals surface area contributed by atoms with Gasteiger partial charge in [0, 0.05) is 12.8 Å². The van der Waals surface area contributed by atoms with Gasteiger partial charge in [-0.2, -0.15) is 0 Å². The average Bonchev–Trinajstić information content (AvgIpc) is 3.24. The number of hydrogen-bond donors (Lipinski definition) is 2. The van der Waals surface area contributed by atoms with E-state index in [1.54, 1.807) is 36.4 Å². The number of quaternary nitrogens is 1. The van der Waals surface area contributed by atoms with E-state index in [0.717, 1.165) is 0 Å². The minimum atomic E-state index is -2.28. The van der Waals surface area contributed by atoms with Crippen LogP contribution in [-0.2, 0) is 18.9 Å². The third kappa shape index (κ3) is 7.76. The number of benzene rings is 2. The van der Waals surface area contributed by atoms with E-state index in [-0.39, 0.29) is 11.1 Å². The summed E-state index contributed by atoms with van der Waals surface area (Å²) in [6.07, 6.45) is -0.216. The fourth-order valence-corrected chi connectivity index (χ4v) is 3.48. The molecule has 32 heavy (non-hydrogen) atoms. The molecule has 0 saturated carbocycles. The van der Waals surface area contributed by atoms with Crippen LogP contribution in [0.15, 0.2) is 60.7 Å². The largest absolute Gasteiger partial charge is 0.832 e. The summed E-state index contributed by atoms with van der Waals surface area (Å²) >= 11 is 0. The SMILES string of the molecule is CC[N+]1(C)CCCC1.O=C(O)C(OB([O-])OC(C(=O)O)c1ccccc1)c1ccccc1. The highest BCUT2D eigenvalue weighted by atomic mass is 16.7. The van der Waals surface area contributed by atoms with Crippen LogP contribution in [0.5, 0.6) is 0 Å². The standard InChI is InChI=1S/C16H14BO7.C7H16N/c18-15(19)13(11-7-3-1-4-8-11)23-17(22)24-14(16(20)21)12-9-5-2-6-10-12;1-3-8(2)6-4-5-7-8/h1-10,13-14H,(H,18,19)(H,20,21);3-7H2,1-2H3/q-1;+1. The van der Waals surface area contributed by atoms with E-state index >= 15 is 0 Å². The summed E-state index contributed by atoms with van der Waals surface area (Å²) in [5, 5.41) is 30.3. The van der Waals surface area contributed by atoms with Crippen LogP contribution in [0.3, 0.4) is 0 Å². The molecule has 2 unspecified atom stereocenters. The molecule has 1 aliphatic rings. The van der Waals surface area contributed by atoms with Crippen molar-refractivity contribution in [2.75, 3.05) is 26.7 Å². The fraction of sp³-hybridized carbons (Fsp3) is 0.391. The molecule has 0 aromatic heterocycles. The summed E-state index contributed by atoms with van der Waals surface area (Å²) in [6, 6.07) is 15.7. The molecule has 0 spiro atoms. The molecular weight excluding hydrogens is 413 g/mol. The van der Waals surface area contributed by atoms with E-state index in [4.69, 9.17) is 9.31 Å². The van der Waals surface area contributed by atoms with Gasteiger partial charge >= 0.3 is 19.3 Å². The Labute approximate surface area is 188 Å². The second-order valence-corrected chi connectivity index (χ2v) is 7.91. The molecule has 0 radical (unpaired) electrons. The van der Waals surface area contributed by atoms with Crippen LogP contribution in [0.4, 0.5) is 0 Å². The molecule has 0 amide bonds. The highest BCUT2D eigenvalue weighted by Crippen LogP contribution is 2.22. The van der Waals surface area contributed by atoms with E-state index in [1.165, 1.54) is 61.2 Å². The summed E-state index contributed by atoms with van der Waals surface area (Å²) in [5.74, 6) is -2.76. The molecule has 2 atom stereocenters. The summed E-state index contributed by atoms with van der Waals surface area (Å²) in [5.41, 5.74) is 0.502. The van der Waals surface area contributed by atoms with Gasteiger partial charge in [-0.25, -0.2) is 9.59 Å². The predicted molar refractivity (Wildman–Crippen MR) is 117 cm³/mol. The van der Waals surface area contributed by atoms with Crippen molar-refractivity contribution in [1.82, 2.24) is 0 Å². The average molecular weight is 443 g/mol. The number of carbonyl (C=O) groups is 2. The maximum atomic E-state index is 11.9. The van der Waals surface area contributed by atoms with E-state index < -0.39 is 31.5 Å². The molecule has 1 saturated heterocycles. The van der Waals surface area contributed by atoms with Gasteiger partial charge in [-0.15, -0.1) is 0 Å². The predicted octanol–water partition coefficient (Wildman–Crippen LogP) is 2.26. The molecule has 2 N–H and O–H groups in total. The highest BCUT2D eigenvalue weighted by molar-refractivity contribution is 6.33. The molecule has 1 fully saturated rings. The molecule has 0 aliphatic carbocycles. The Bertz CT molecular complexity index is 784. The molecule has 9 heteroatoms. The Morgan fingerprint density at radius 3 is 1.56 bits per heavy atom. The maximum Gasteiger partial charge on any atom is 0.347 e. The Kier molecular flexibility index (Phi) is 9.86. The van der Waals surface area contributed by atoms with Crippen molar-refractivity contribution < 1.29 is 38.6 Å². The second kappa shape index (κ2) is 12.4. The van der Waals surface area contributed by atoms with Gasteiger partial charge in [0.15, 0.2) is 12.2 Å². The van der Waals surface area contributed by atoms with Gasteiger partial charge in [0.1, 0.15) is 0 Å². The zero-order chi connectivity index (χ0) is 23.6. The Hall–Kier alpha value is -2.72. The molecule has 1 heterocycles. The zero-order valence-electron chi connectivity index (χ0n) is 18.4. The molecule has 0 bridgehead atoms. The molecule has 8 nitrogen and oxygen atoms in total. The highest BCUT2D eigenvalue weighted by Gasteiger charge is 2.27. The first kappa shape index (κ1) is 25.5. The molecule has 2 aromatic carbocycles. The maximum absolute atomic E-state index is 11.9. The molecule has 3 rings (SSSR count). The first-order chi connectivity index (χ1) is 15.3. The van der Waals surface area contributed by atoms with E-state index in [9.17, 15) is 24.8 Å². The summed E-state index contributed by atoms with van der Waals surface area (Å²) < 4.78 is 11.0. The van der Waals surface area contributed by atoms with Crippen LogP contribution >= 0.6 is 0 Å². The lowest BCUT2D eigenvalue weighted by Crippen LogP contribution is -2.42. The molecule has 172 valence electrons. The number of carboxylic acids is 2. The Balaban J connectivity index is 0.000000380. The minimum absolute atomic E-state index is 0.251. The summed E-state index contributed by atoms with van der Waals surface area (Å²) in [6.45, 7) is 6.43. The summed E-state index contributed by atoms with van der Waals surface area (Å²) in [7, 11) is 0.0695. The van der Waals surface area contributed by atoms with Crippen LogP contribution in [0.1, 0.15) is 43.1 Å². The molecular formula is C23H30BNO7. The van der Waals surface area contributed by atoms with Gasteiger partial charge in [0.05, 0.1) is 26.7 Å². The van der Waals surface area contributed by atoms with Crippen molar-refractivity contribution in [3.05, 3.63) is 71.8 Å². The van der Waals surface area contributed by atoms with Crippen LogP contribution in [0, 0.1) is 0 Å². The van der Waals surface area contributed by atoms with Gasteiger partial charge in [0.2, 0.25) is 0 Å². The van der Waals surface area contributed by atoms with Crippen molar-refractivity contribution in [2.24, 2.45) is 0 Å². The number of nitrogens with zero attached hydrogens (tertiary/aromatic N) is 1. The third-order valence-electron chi connectivity index (χ3n) is 5.56. The smallest absolute Gasteiger partial charge is 0.347 e. The number of hydrogen-bond acceptors (Lipinski definition) is 5. The number of aliphatic carboxylic acids is 2.